The molecule has 1 aliphatic rings. The highest BCUT2D eigenvalue weighted by Crippen LogP contribution is 2.37. The lowest BCUT2D eigenvalue weighted by molar-refractivity contribution is 0.142. The molecule has 0 N–H and O–H groups in total. The van der Waals surface area contributed by atoms with Gasteiger partial charge >= 0.3 is 0 Å². The number of halogens is 1. The van der Waals surface area contributed by atoms with E-state index in [1.807, 2.05) is 12.1 Å². The van der Waals surface area contributed by atoms with E-state index < -0.39 is 0 Å². The van der Waals surface area contributed by atoms with Crippen LogP contribution in [0.1, 0.15) is 69.8 Å². The van der Waals surface area contributed by atoms with Crippen LogP contribution in [0, 0.1) is 5.92 Å². The largest absolute Gasteiger partial charge is 0.382 e. The van der Waals surface area contributed by atoms with Crippen molar-refractivity contribution < 1.29 is 4.74 Å². The summed E-state index contributed by atoms with van der Waals surface area (Å²) in [4.78, 5) is 0. The smallest absolute Gasteiger partial charge is 0.0465 e. The van der Waals surface area contributed by atoms with Crippen molar-refractivity contribution in [2.75, 3.05) is 13.2 Å². The Morgan fingerprint density at radius 1 is 1.00 bits per heavy atom. The minimum Gasteiger partial charge on any atom is -0.382 e. The molecule has 1 fully saturated rings. The van der Waals surface area contributed by atoms with Crippen molar-refractivity contribution in [1.29, 1.82) is 0 Å². The average Bonchev–Trinajstić information content (AvgIpc) is 2.52. The maximum absolute atomic E-state index is 5.97. The van der Waals surface area contributed by atoms with Gasteiger partial charge in [-0.15, -0.1) is 0 Å². The number of benzene rings is 1. The molecule has 0 spiro atoms. The fourth-order valence-corrected chi connectivity index (χ4v) is 3.60. The molecule has 0 unspecified atom stereocenters. The van der Waals surface area contributed by atoms with Gasteiger partial charge < -0.3 is 4.74 Å². The highest BCUT2D eigenvalue weighted by Gasteiger charge is 2.21. The van der Waals surface area contributed by atoms with E-state index >= 15 is 0 Å². The van der Waals surface area contributed by atoms with Gasteiger partial charge in [-0.3, -0.25) is 0 Å². The first-order chi connectivity index (χ1) is 10.3. The molecule has 0 radical (unpaired) electrons. The van der Waals surface area contributed by atoms with Gasteiger partial charge in [0.05, 0.1) is 0 Å². The van der Waals surface area contributed by atoms with Crippen LogP contribution in [0.3, 0.4) is 0 Å². The zero-order valence-corrected chi connectivity index (χ0v) is 14.1. The van der Waals surface area contributed by atoms with E-state index in [9.17, 15) is 0 Å². The molecule has 0 aromatic heterocycles. The minimum atomic E-state index is 0.761. The summed E-state index contributed by atoms with van der Waals surface area (Å²) in [7, 11) is 0. The minimum absolute atomic E-state index is 0.761. The quantitative estimate of drug-likeness (QED) is 0.519. The fraction of sp³-hybridized carbons (Fsp3) is 0.684. The maximum atomic E-state index is 5.97. The van der Waals surface area contributed by atoms with Crippen molar-refractivity contribution in [3.63, 3.8) is 0 Å². The Morgan fingerprint density at radius 2 is 1.71 bits per heavy atom. The van der Waals surface area contributed by atoms with Crippen LogP contribution in [-0.4, -0.2) is 13.2 Å². The van der Waals surface area contributed by atoms with E-state index in [1.165, 1.54) is 56.9 Å². The van der Waals surface area contributed by atoms with E-state index in [1.54, 1.807) is 0 Å². The normalized spacial score (nSPS) is 22.4. The van der Waals surface area contributed by atoms with Crippen LogP contribution in [0.25, 0.3) is 0 Å². The van der Waals surface area contributed by atoms with Gasteiger partial charge in [-0.1, -0.05) is 43.0 Å². The second-order valence-electron chi connectivity index (χ2n) is 6.32. The van der Waals surface area contributed by atoms with Crippen LogP contribution in [0.2, 0.25) is 5.02 Å². The zero-order chi connectivity index (χ0) is 14.9. The third kappa shape index (κ3) is 6.00. The third-order valence-corrected chi connectivity index (χ3v) is 5.05. The van der Waals surface area contributed by atoms with Gasteiger partial charge in [-0.2, -0.15) is 0 Å². The molecule has 0 atom stereocenters. The maximum Gasteiger partial charge on any atom is 0.0465 e. The number of unbranched alkanes of at least 4 members (excludes halogenated alkanes) is 2. The average molecular weight is 309 g/mol. The molecule has 118 valence electrons. The molecule has 2 rings (SSSR count). The van der Waals surface area contributed by atoms with Crippen molar-refractivity contribution >= 4 is 11.6 Å². The molecule has 0 heterocycles. The van der Waals surface area contributed by atoms with E-state index in [2.05, 4.69) is 19.1 Å². The molecule has 1 aliphatic carbocycles. The Kier molecular flexibility index (Phi) is 7.60. The molecule has 1 saturated carbocycles. The lowest BCUT2D eigenvalue weighted by Crippen LogP contribution is -2.13. The first-order valence-corrected chi connectivity index (χ1v) is 9.00. The third-order valence-electron chi connectivity index (χ3n) is 4.79. The number of ether oxygens (including phenoxy) is 1. The van der Waals surface area contributed by atoms with Crippen LogP contribution in [0.4, 0.5) is 0 Å². The van der Waals surface area contributed by atoms with Crippen LogP contribution >= 0.6 is 11.6 Å². The number of hydrogen-bond acceptors (Lipinski definition) is 1. The highest BCUT2D eigenvalue weighted by atomic mass is 35.5. The summed E-state index contributed by atoms with van der Waals surface area (Å²) in [6.45, 7) is 3.87. The summed E-state index contributed by atoms with van der Waals surface area (Å²) in [6.07, 6.45) is 10.9. The van der Waals surface area contributed by atoms with Crippen molar-refractivity contribution in [1.82, 2.24) is 0 Å². The fourth-order valence-electron chi connectivity index (χ4n) is 3.48. The second kappa shape index (κ2) is 9.48. The van der Waals surface area contributed by atoms with Crippen LogP contribution in [0.15, 0.2) is 24.3 Å². The topological polar surface area (TPSA) is 9.23 Å². The molecule has 1 nitrogen and oxygen atoms in total. The SMILES string of the molecule is CCOCCCCC[C@H]1CC[C@H](c2ccc(Cl)cc2)CC1. The standard InChI is InChI=1S/C19H29ClO/c1-2-21-15-5-3-4-6-16-7-9-17(10-8-16)18-11-13-19(20)14-12-18/h11-14,16-17H,2-10,15H2,1H3/t16-,17-. The van der Waals surface area contributed by atoms with E-state index in [-0.39, 0.29) is 0 Å². The lowest BCUT2D eigenvalue weighted by Gasteiger charge is -2.29. The Bertz CT molecular complexity index is 379. The molecule has 0 saturated heterocycles. The molecular weight excluding hydrogens is 280 g/mol. The highest BCUT2D eigenvalue weighted by molar-refractivity contribution is 6.30. The van der Waals surface area contributed by atoms with Gasteiger partial charge in [0.2, 0.25) is 0 Å². The summed E-state index contributed by atoms with van der Waals surface area (Å²) in [5, 5.41) is 0.847. The van der Waals surface area contributed by atoms with Gasteiger partial charge in [0.25, 0.3) is 0 Å². The molecule has 0 amide bonds. The predicted octanol–water partition coefficient (Wildman–Crippen LogP) is 6.21. The van der Waals surface area contributed by atoms with Crippen LogP contribution in [0.5, 0.6) is 0 Å². The summed E-state index contributed by atoms with van der Waals surface area (Å²) < 4.78 is 5.39. The molecular formula is C19H29ClO. The van der Waals surface area contributed by atoms with E-state index in [4.69, 9.17) is 16.3 Å². The molecule has 0 aliphatic heterocycles. The predicted molar refractivity (Wildman–Crippen MR) is 91.1 cm³/mol. The molecule has 2 heteroatoms. The Hall–Kier alpha value is -0.530. The van der Waals surface area contributed by atoms with Crippen molar-refractivity contribution in [3.8, 4) is 0 Å². The van der Waals surface area contributed by atoms with Gasteiger partial charge in [0.1, 0.15) is 0 Å². The first-order valence-electron chi connectivity index (χ1n) is 8.62. The van der Waals surface area contributed by atoms with Crippen molar-refractivity contribution in [2.45, 2.75) is 64.2 Å². The number of hydrogen-bond donors (Lipinski definition) is 0. The Balaban J connectivity index is 1.61. The van der Waals surface area contributed by atoms with Crippen LogP contribution in [-0.2, 0) is 4.74 Å². The molecule has 1 aromatic rings. The lowest BCUT2D eigenvalue weighted by atomic mass is 9.77. The molecule has 1 aromatic carbocycles. The summed E-state index contributed by atoms with van der Waals surface area (Å²) in [6, 6.07) is 8.48. The summed E-state index contributed by atoms with van der Waals surface area (Å²) >= 11 is 5.97. The van der Waals surface area contributed by atoms with Gasteiger partial charge in [-0.25, -0.2) is 0 Å². The zero-order valence-electron chi connectivity index (χ0n) is 13.3. The van der Waals surface area contributed by atoms with Gasteiger partial charge in [0.15, 0.2) is 0 Å². The Labute approximate surface area is 135 Å². The Morgan fingerprint density at radius 3 is 2.38 bits per heavy atom. The molecule has 0 bridgehead atoms. The van der Waals surface area contributed by atoms with Gasteiger partial charge in [0, 0.05) is 18.2 Å². The van der Waals surface area contributed by atoms with Crippen molar-refractivity contribution in [3.05, 3.63) is 34.9 Å². The van der Waals surface area contributed by atoms with Crippen LogP contribution < -0.4 is 0 Å². The second-order valence-corrected chi connectivity index (χ2v) is 6.75. The molecule has 21 heavy (non-hydrogen) atoms. The summed E-state index contributed by atoms with van der Waals surface area (Å²) in [5.74, 6) is 1.72. The first kappa shape index (κ1) is 16.8. The summed E-state index contributed by atoms with van der Waals surface area (Å²) in [5.41, 5.74) is 1.48. The monoisotopic (exact) mass is 308 g/mol. The van der Waals surface area contributed by atoms with Crippen molar-refractivity contribution in [2.24, 2.45) is 5.92 Å². The number of rotatable bonds is 8. The van der Waals surface area contributed by atoms with E-state index in [0.29, 0.717) is 0 Å². The van der Waals surface area contributed by atoms with E-state index in [0.717, 1.165) is 30.1 Å². The van der Waals surface area contributed by atoms with Gasteiger partial charge in [-0.05, 0) is 68.6 Å².